The molecule has 0 aliphatic carbocycles. The third kappa shape index (κ3) is 4.05. The van der Waals surface area contributed by atoms with E-state index in [4.69, 9.17) is 4.18 Å². The number of carbonyl (C=O) groups excluding carboxylic acids is 1. The topological polar surface area (TPSA) is 88.5 Å². The van der Waals surface area contributed by atoms with Crippen LogP contribution in [0.5, 0.6) is 0 Å². The smallest absolute Gasteiger partial charge is 0.337 e. The van der Waals surface area contributed by atoms with Crippen molar-refractivity contribution in [3.8, 4) is 0 Å². The summed E-state index contributed by atoms with van der Waals surface area (Å²) in [5, 5.41) is 14.1. The molecule has 8 heteroatoms. The minimum absolute atomic E-state index is 0.167. The van der Waals surface area contributed by atoms with Crippen LogP contribution in [0.2, 0.25) is 0 Å². The molecule has 0 spiro atoms. The fourth-order valence-corrected chi connectivity index (χ4v) is 3.72. The van der Waals surface area contributed by atoms with E-state index in [2.05, 4.69) is 10.3 Å². The van der Waals surface area contributed by atoms with Crippen molar-refractivity contribution in [3.05, 3.63) is 16.6 Å². The van der Waals surface area contributed by atoms with E-state index in [0.717, 1.165) is 17.7 Å². The number of aliphatic carboxylic acids is 1. The largest absolute Gasteiger partial charge is 0.478 e. The molecule has 2 heterocycles. The average Bonchev–Trinajstić information content (AvgIpc) is 2.86. The summed E-state index contributed by atoms with van der Waals surface area (Å²) >= 11 is 2.58. The summed E-state index contributed by atoms with van der Waals surface area (Å²) in [4.78, 5) is 26.8. The molecule has 0 aromatic carbocycles. The third-order valence-electron chi connectivity index (χ3n) is 3.17. The molecule has 6 nitrogen and oxygen atoms in total. The van der Waals surface area contributed by atoms with Crippen LogP contribution in [0.25, 0.3) is 5.57 Å². The van der Waals surface area contributed by atoms with Gasteiger partial charge in [-0.05, 0) is 31.3 Å². The standard InChI is InChI=1S/C13H16N2O4S2/c1-7(9-3-4-19-21-5-9)11(12(17)18)10-6-20-13(15-10)14-8(2)16/h6,9H,3-5H2,1-2H3,(H,17,18)(H,14,15,16)/b11-7-. The van der Waals surface area contributed by atoms with Gasteiger partial charge in [-0.15, -0.1) is 11.3 Å². The molecule has 114 valence electrons. The lowest BCUT2D eigenvalue weighted by atomic mass is 9.93. The number of amides is 1. The van der Waals surface area contributed by atoms with E-state index in [9.17, 15) is 14.7 Å². The maximum Gasteiger partial charge on any atom is 0.337 e. The van der Waals surface area contributed by atoms with Crippen LogP contribution in [-0.4, -0.2) is 34.3 Å². The Kier molecular flexibility index (Phi) is 5.38. The average molecular weight is 328 g/mol. The van der Waals surface area contributed by atoms with Crippen molar-refractivity contribution in [1.29, 1.82) is 0 Å². The molecule has 1 atom stereocenters. The highest BCUT2D eigenvalue weighted by atomic mass is 32.2. The van der Waals surface area contributed by atoms with Gasteiger partial charge in [0.25, 0.3) is 0 Å². The lowest BCUT2D eigenvalue weighted by Crippen LogP contribution is -2.17. The highest BCUT2D eigenvalue weighted by Crippen LogP contribution is 2.32. The molecule has 0 saturated carbocycles. The molecule has 0 radical (unpaired) electrons. The predicted octanol–water partition coefficient (Wildman–Crippen LogP) is 2.64. The van der Waals surface area contributed by atoms with E-state index in [1.54, 1.807) is 5.38 Å². The molecular weight excluding hydrogens is 312 g/mol. The van der Waals surface area contributed by atoms with Gasteiger partial charge >= 0.3 is 5.97 Å². The highest BCUT2D eigenvalue weighted by Gasteiger charge is 2.24. The molecular formula is C13H16N2O4S2. The second-order valence-corrected chi connectivity index (χ2v) is 6.34. The minimum Gasteiger partial charge on any atom is -0.478 e. The predicted molar refractivity (Wildman–Crippen MR) is 83.2 cm³/mol. The second-order valence-electron chi connectivity index (χ2n) is 4.67. The first-order valence-corrected chi connectivity index (χ1v) is 8.20. The van der Waals surface area contributed by atoms with E-state index in [1.165, 1.54) is 30.3 Å². The molecule has 1 aromatic heterocycles. The Balaban J connectivity index is 2.31. The molecule has 21 heavy (non-hydrogen) atoms. The third-order valence-corrected chi connectivity index (χ3v) is 4.80. The summed E-state index contributed by atoms with van der Waals surface area (Å²) in [6, 6.07) is 0. The molecule has 1 aliphatic rings. The minimum atomic E-state index is -0.997. The van der Waals surface area contributed by atoms with Gasteiger partial charge in [-0.3, -0.25) is 4.79 Å². The van der Waals surface area contributed by atoms with Gasteiger partial charge in [-0.2, -0.15) is 0 Å². The highest BCUT2D eigenvalue weighted by molar-refractivity contribution is 7.94. The molecule has 1 amide bonds. The molecule has 1 aromatic rings. The van der Waals surface area contributed by atoms with Gasteiger partial charge < -0.3 is 14.6 Å². The number of aromatic nitrogens is 1. The molecule has 2 N–H and O–H groups in total. The van der Waals surface area contributed by atoms with Gasteiger partial charge in [-0.25, -0.2) is 9.78 Å². The Morgan fingerprint density at radius 1 is 1.48 bits per heavy atom. The molecule has 1 fully saturated rings. The number of hydrogen-bond donors (Lipinski definition) is 2. The number of rotatable bonds is 4. The summed E-state index contributed by atoms with van der Waals surface area (Å²) < 4.78 is 5.23. The normalized spacial score (nSPS) is 19.8. The van der Waals surface area contributed by atoms with Gasteiger partial charge in [0.15, 0.2) is 5.13 Å². The van der Waals surface area contributed by atoms with Crippen LogP contribution in [0.3, 0.4) is 0 Å². The SMILES string of the molecule is CC(=O)Nc1nc(/C(C(=O)O)=C(\C)C2CCOSC2)cs1. The zero-order valence-corrected chi connectivity index (χ0v) is 13.3. The number of nitrogens with zero attached hydrogens (tertiary/aromatic N) is 1. The monoisotopic (exact) mass is 328 g/mol. The second kappa shape index (κ2) is 7.06. The fourth-order valence-electron chi connectivity index (χ4n) is 2.09. The maximum atomic E-state index is 11.6. The maximum absolute atomic E-state index is 11.6. The van der Waals surface area contributed by atoms with Gasteiger partial charge in [0.05, 0.1) is 17.9 Å². The number of carboxylic acid groups (broad SMARTS) is 1. The van der Waals surface area contributed by atoms with Crippen LogP contribution in [0.15, 0.2) is 11.0 Å². The lowest BCUT2D eigenvalue weighted by molar-refractivity contribution is -0.130. The van der Waals surface area contributed by atoms with Crippen LogP contribution in [0, 0.1) is 5.92 Å². The van der Waals surface area contributed by atoms with Crippen molar-refractivity contribution in [2.45, 2.75) is 20.3 Å². The Bertz CT molecular complexity index is 576. The Morgan fingerprint density at radius 3 is 2.81 bits per heavy atom. The van der Waals surface area contributed by atoms with Crippen LogP contribution < -0.4 is 5.32 Å². The number of carboxylic acids is 1. The summed E-state index contributed by atoms with van der Waals surface area (Å²) in [5.74, 6) is -0.315. The van der Waals surface area contributed by atoms with Crippen LogP contribution in [0.1, 0.15) is 26.0 Å². The summed E-state index contributed by atoms with van der Waals surface area (Å²) in [6.45, 7) is 3.84. The van der Waals surface area contributed by atoms with E-state index in [1.807, 2.05) is 6.92 Å². The van der Waals surface area contributed by atoms with Crippen LogP contribution >= 0.6 is 23.4 Å². The van der Waals surface area contributed by atoms with E-state index in [-0.39, 0.29) is 17.4 Å². The Hall–Kier alpha value is -1.38. The van der Waals surface area contributed by atoms with Gasteiger partial charge in [-0.1, -0.05) is 5.57 Å². The van der Waals surface area contributed by atoms with Gasteiger partial charge in [0.1, 0.15) is 0 Å². The van der Waals surface area contributed by atoms with Crippen LogP contribution in [0.4, 0.5) is 5.13 Å². The first-order chi connectivity index (χ1) is 9.99. The van der Waals surface area contributed by atoms with Crippen molar-refractivity contribution in [1.82, 2.24) is 4.98 Å². The quantitative estimate of drug-likeness (QED) is 0.652. The number of allylic oxidation sites excluding steroid dienone is 1. The van der Waals surface area contributed by atoms with Crippen molar-refractivity contribution >= 4 is 46.0 Å². The fraction of sp³-hybridized carbons (Fsp3) is 0.462. The zero-order valence-electron chi connectivity index (χ0n) is 11.7. The molecule has 0 bridgehead atoms. The van der Waals surface area contributed by atoms with Crippen molar-refractivity contribution in [3.63, 3.8) is 0 Å². The van der Waals surface area contributed by atoms with E-state index in [0.29, 0.717) is 17.4 Å². The Morgan fingerprint density at radius 2 is 2.24 bits per heavy atom. The first kappa shape index (κ1) is 16.0. The van der Waals surface area contributed by atoms with Gasteiger partial charge in [0.2, 0.25) is 5.91 Å². The number of hydrogen-bond acceptors (Lipinski definition) is 6. The van der Waals surface area contributed by atoms with E-state index < -0.39 is 5.97 Å². The number of carbonyl (C=O) groups is 2. The molecule has 2 rings (SSSR count). The molecule has 1 saturated heterocycles. The van der Waals surface area contributed by atoms with E-state index >= 15 is 0 Å². The Labute approximate surface area is 130 Å². The van der Waals surface area contributed by atoms with Gasteiger partial charge in [0, 0.05) is 18.1 Å². The number of anilines is 1. The summed E-state index contributed by atoms with van der Waals surface area (Å²) in [7, 11) is 0. The summed E-state index contributed by atoms with van der Waals surface area (Å²) in [5.41, 5.74) is 1.42. The van der Waals surface area contributed by atoms with Crippen molar-refractivity contribution < 1.29 is 18.9 Å². The first-order valence-electron chi connectivity index (χ1n) is 6.41. The lowest BCUT2D eigenvalue weighted by Gasteiger charge is -2.22. The van der Waals surface area contributed by atoms with Crippen molar-refractivity contribution in [2.75, 3.05) is 17.7 Å². The zero-order chi connectivity index (χ0) is 15.4. The molecule has 1 unspecified atom stereocenters. The number of nitrogens with one attached hydrogen (secondary N) is 1. The summed E-state index contributed by atoms with van der Waals surface area (Å²) in [6.07, 6.45) is 0.804. The van der Waals surface area contributed by atoms with Crippen LogP contribution in [-0.2, 0) is 13.8 Å². The number of thiazole rings is 1. The molecule has 1 aliphatic heterocycles. The van der Waals surface area contributed by atoms with Crippen molar-refractivity contribution in [2.24, 2.45) is 5.92 Å².